The second-order valence-corrected chi connectivity index (χ2v) is 6.28. The summed E-state index contributed by atoms with van der Waals surface area (Å²) in [5, 5.41) is 0. The van der Waals surface area contributed by atoms with Gasteiger partial charge in [-0.1, -0.05) is 0 Å². The number of imidazole rings is 1. The van der Waals surface area contributed by atoms with Gasteiger partial charge in [-0.2, -0.15) is 0 Å². The van der Waals surface area contributed by atoms with Crippen LogP contribution >= 0.6 is 27.3 Å². The molecule has 1 aliphatic carbocycles. The summed E-state index contributed by atoms with van der Waals surface area (Å²) in [6.45, 7) is 2.02. The molecule has 0 unspecified atom stereocenters. The number of hydrogen-bond donors (Lipinski definition) is 1. The molecule has 0 bridgehead atoms. The Morgan fingerprint density at radius 3 is 3.00 bits per heavy atom. The molecule has 0 radical (unpaired) electrons. The van der Waals surface area contributed by atoms with Crippen LogP contribution in [-0.4, -0.2) is 9.38 Å². The molecule has 2 aromatic heterocycles. The molecule has 1 saturated carbocycles. The van der Waals surface area contributed by atoms with E-state index in [0.29, 0.717) is 0 Å². The van der Waals surface area contributed by atoms with Crippen LogP contribution in [0.4, 0.5) is 0 Å². The predicted molar refractivity (Wildman–Crippen MR) is 60.6 cm³/mol. The second kappa shape index (κ2) is 2.59. The molecule has 3 rings (SSSR count). The van der Waals surface area contributed by atoms with E-state index in [4.69, 9.17) is 5.73 Å². The molecular formula is C9H10BrN3S. The van der Waals surface area contributed by atoms with E-state index in [9.17, 15) is 0 Å². The van der Waals surface area contributed by atoms with Gasteiger partial charge in [0, 0.05) is 6.20 Å². The van der Waals surface area contributed by atoms with Gasteiger partial charge in [-0.25, -0.2) is 4.98 Å². The molecule has 1 aliphatic rings. The average Bonchev–Trinajstić information content (AvgIpc) is 2.62. The number of nitrogens with two attached hydrogens (primary N) is 1. The third-order valence-electron chi connectivity index (χ3n) is 2.73. The van der Waals surface area contributed by atoms with Crippen molar-refractivity contribution in [2.75, 3.05) is 0 Å². The monoisotopic (exact) mass is 271 g/mol. The van der Waals surface area contributed by atoms with Crippen LogP contribution in [0.5, 0.6) is 0 Å². The van der Waals surface area contributed by atoms with Crippen LogP contribution in [0.2, 0.25) is 0 Å². The first-order valence-corrected chi connectivity index (χ1v) is 6.14. The number of thiazole rings is 1. The third kappa shape index (κ3) is 1.09. The van der Waals surface area contributed by atoms with Crippen molar-refractivity contribution in [3.05, 3.63) is 21.5 Å². The van der Waals surface area contributed by atoms with E-state index in [2.05, 4.69) is 31.5 Å². The first kappa shape index (κ1) is 8.88. The quantitative estimate of drug-likeness (QED) is 0.866. The lowest BCUT2D eigenvalue weighted by Gasteiger charge is -2.02. The Bertz CT molecular complexity index is 509. The molecule has 0 aliphatic heterocycles. The molecule has 2 N–H and O–H groups in total. The number of aryl methyl sites for hydroxylation is 1. The summed E-state index contributed by atoms with van der Waals surface area (Å²) in [7, 11) is 0. The highest BCUT2D eigenvalue weighted by Crippen LogP contribution is 2.45. The summed E-state index contributed by atoms with van der Waals surface area (Å²) in [6.07, 6.45) is 4.18. The molecule has 0 atom stereocenters. The number of halogens is 1. The van der Waals surface area contributed by atoms with Gasteiger partial charge >= 0.3 is 0 Å². The van der Waals surface area contributed by atoms with Crippen LogP contribution in [-0.2, 0) is 5.54 Å². The van der Waals surface area contributed by atoms with Crippen molar-refractivity contribution in [1.29, 1.82) is 0 Å². The Hall–Kier alpha value is -0.390. The molecule has 74 valence electrons. The average molecular weight is 272 g/mol. The molecule has 2 aromatic rings. The Morgan fingerprint density at radius 2 is 2.36 bits per heavy atom. The maximum Gasteiger partial charge on any atom is 0.125 e. The van der Waals surface area contributed by atoms with Crippen molar-refractivity contribution in [3.8, 4) is 0 Å². The SMILES string of the molecule is Cc1nc(C2(N)CC2)c2sc(Br)cn12. The number of rotatable bonds is 1. The second-order valence-electron chi connectivity index (χ2n) is 3.87. The molecule has 3 nitrogen and oxygen atoms in total. The van der Waals surface area contributed by atoms with E-state index >= 15 is 0 Å². The van der Waals surface area contributed by atoms with Crippen molar-refractivity contribution < 1.29 is 0 Å². The van der Waals surface area contributed by atoms with Gasteiger partial charge in [0.1, 0.15) is 10.7 Å². The van der Waals surface area contributed by atoms with E-state index in [1.165, 1.54) is 4.83 Å². The maximum atomic E-state index is 6.17. The molecule has 1 fully saturated rings. The number of aromatic nitrogens is 2. The molecule has 0 spiro atoms. The van der Waals surface area contributed by atoms with E-state index < -0.39 is 0 Å². The van der Waals surface area contributed by atoms with E-state index in [1.807, 2.05) is 6.92 Å². The lowest BCUT2D eigenvalue weighted by molar-refractivity contribution is 0.720. The van der Waals surface area contributed by atoms with Crippen LogP contribution in [0.3, 0.4) is 0 Å². The van der Waals surface area contributed by atoms with Gasteiger partial charge in [0.15, 0.2) is 0 Å². The largest absolute Gasteiger partial charge is 0.320 e. The van der Waals surface area contributed by atoms with Crippen molar-refractivity contribution in [2.24, 2.45) is 5.73 Å². The van der Waals surface area contributed by atoms with Crippen molar-refractivity contribution in [1.82, 2.24) is 9.38 Å². The molecular weight excluding hydrogens is 262 g/mol. The molecule has 0 aromatic carbocycles. The fourth-order valence-corrected chi connectivity index (χ4v) is 3.33. The summed E-state index contributed by atoms with van der Waals surface area (Å²) < 4.78 is 3.24. The summed E-state index contributed by atoms with van der Waals surface area (Å²) in [5.74, 6) is 1.02. The minimum atomic E-state index is -0.135. The van der Waals surface area contributed by atoms with Gasteiger partial charge < -0.3 is 5.73 Å². The first-order valence-electron chi connectivity index (χ1n) is 4.53. The topological polar surface area (TPSA) is 43.3 Å². The van der Waals surface area contributed by atoms with Crippen LogP contribution in [0.25, 0.3) is 4.83 Å². The normalized spacial score (nSPS) is 19.1. The van der Waals surface area contributed by atoms with Crippen LogP contribution in [0, 0.1) is 6.92 Å². The van der Waals surface area contributed by atoms with Crippen molar-refractivity contribution in [3.63, 3.8) is 0 Å². The van der Waals surface area contributed by atoms with E-state index in [1.54, 1.807) is 11.3 Å². The van der Waals surface area contributed by atoms with Gasteiger partial charge in [0.25, 0.3) is 0 Å². The Morgan fingerprint density at radius 1 is 1.64 bits per heavy atom. The fourth-order valence-electron chi connectivity index (χ4n) is 1.69. The smallest absolute Gasteiger partial charge is 0.125 e. The van der Waals surface area contributed by atoms with Crippen LogP contribution in [0.15, 0.2) is 9.98 Å². The van der Waals surface area contributed by atoms with Crippen molar-refractivity contribution >= 4 is 32.1 Å². The van der Waals surface area contributed by atoms with Gasteiger partial charge in [-0.15, -0.1) is 11.3 Å². The Labute approximate surface area is 94.1 Å². The Kier molecular flexibility index (Phi) is 1.64. The van der Waals surface area contributed by atoms with Gasteiger partial charge in [0.05, 0.1) is 15.0 Å². The van der Waals surface area contributed by atoms with Gasteiger partial charge in [0.2, 0.25) is 0 Å². The molecule has 0 amide bonds. The zero-order valence-corrected chi connectivity index (χ0v) is 10.2. The molecule has 2 heterocycles. The standard InChI is InChI=1S/C9H10BrN3S/c1-5-12-7(9(11)2-3-9)8-13(5)4-6(10)14-8/h4H,2-3,11H2,1H3. The zero-order chi connectivity index (χ0) is 9.92. The Balaban J connectivity index is 2.33. The molecule has 0 saturated heterocycles. The summed E-state index contributed by atoms with van der Waals surface area (Å²) in [4.78, 5) is 5.74. The molecule has 5 heteroatoms. The number of hydrogen-bond acceptors (Lipinski definition) is 3. The van der Waals surface area contributed by atoms with Crippen LogP contribution < -0.4 is 5.73 Å². The zero-order valence-electron chi connectivity index (χ0n) is 7.75. The van der Waals surface area contributed by atoms with E-state index in [-0.39, 0.29) is 5.54 Å². The predicted octanol–water partition coefficient (Wildman–Crippen LogP) is 2.41. The number of nitrogens with zero attached hydrogens (tertiary/aromatic N) is 2. The van der Waals surface area contributed by atoms with Gasteiger partial charge in [-0.3, -0.25) is 4.40 Å². The summed E-state index contributed by atoms with van der Waals surface area (Å²) in [5.41, 5.74) is 7.11. The fraction of sp³-hybridized carbons (Fsp3) is 0.444. The van der Waals surface area contributed by atoms with Crippen LogP contribution in [0.1, 0.15) is 24.4 Å². The minimum Gasteiger partial charge on any atom is -0.320 e. The highest BCUT2D eigenvalue weighted by atomic mass is 79.9. The van der Waals surface area contributed by atoms with Crippen molar-refractivity contribution in [2.45, 2.75) is 25.3 Å². The highest BCUT2D eigenvalue weighted by molar-refractivity contribution is 9.11. The minimum absolute atomic E-state index is 0.135. The maximum absolute atomic E-state index is 6.17. The van der Waals surface area contributed by atoms with E-state index in [0.717, 1.165) is 28.1 Å². The summed E-state index contributed by atoms with van der Waals surface area (Å²) >= 11 is 5.19. The first-order chi connectivity index (χ1) is 6.60. The summed E-state index contributed by atoms with van der Waals surface area (Å²) in [6, 6.07) is 0. The number of fused-ring (bicyclic) bond motifs is 1. The highest BCUT2D eigenvalue weighted by Gasteiger charge is 2.44. The third-order valence-corrected chi connectivity index (χ3v) is 4.30. The lowest BCUT2D eigenvalue weighted by Crippen LogP contribution is -2.19. The van der Waals surface area contributed by atoms with Gasteiger partial charge in [-0.05, 0) is 35.7 Å². The lowest BCUT2D eigenvalue weighted by atomic mass is 10.2. The molecule has 14 heavy (non-hydrogen) atoms.